The van der Waals surface area contributed by atoms with Crippen molar-refractivity contribution in [2.24, 2.45) is 5.92 Å². The van der Waals surface area contributed by atoms with Crippen LogP contribution < -0.4 is 5.32 Å². The van der Waals surface area contributed by atoms with Crippen LogP contribution in [0.15, 0.2) is 24.4 Å². The zero-order valence-corrected chi connectivity index (χ0v) is 11.0. The molecule has 1 aromatic heterocycles. The van der Waals surface area contributed by atoms with Crippen LogP contribution in [0.4, 0.5) is 5.69 Å². The fourth-order valence-electron chi connectivity index (χ4n) is 2.85. The molecule has 4 heteroatoms. The number of para-hydroxylation sites is 1. The molecule has 0 unspecified atom stereocenters. The molecule has 1 aliphatic rings. The van der Waals surface area contributed by atoms with E-state index in [4.69, 9.17) is 0 Å². The van der Waals surface area contributed by atoms with Gasteiger partial charge in [0.25, 0.3) is 0 Å². The largest absolute Gasteiger partial charge is 0.324 e. The first-order valence-corrected chi connectivity index (χ1v) is 7.07. The summed E-state index contributed by atoms with van der Waals surface area (Å²) in [5.41, 5.74) is 1.74. The predicted octanol–water partition coefficient (Wildman–Crippen LogP) is 3.47. The minimum Gasteiger partial charge on any atom is -0.324 e. The summed E-state index contributed by atoms with van der Waals surface area (Å²) in [5.74, 6) is 0.324. The standard InChI is InChI=1S/C15H19N3O/c19-15(11-6-3-1-2-4-7-11)17-13-9-5-8-12-10-16-18-14(12)13/h5,8-11H,1-4,6-7H2,(H,16,18)(H,17,19). The van der Waals surface area contributed by atoms with Crippen molar-refractivity contribution >= 4 is 22.5 Å². The van der Waals surface area contributed by atoms with E-state index >= 15 is 0 Å². The molecule has 100 valence electrons. The van der Waals surface area contributed by atoms with Crippen LogP contribution in [0.1, 0.15) is 38.5 Å². The quantitative estimate of drug-likeness (QED) is 0.809. The first-order valence-electron chi connectivity index (χ1n) is 7.07. The highest BCUT2D eigenvalue weighted by Crippen LogP contribution is 2.26. The Balaban J connectivity index is 1.76. The minimum atomic E-state index is 0.156. The molecule has 19 heavy (non-hydrogen) atoms. The molecule has 2 aromatic rings. The summed E-state index contributed by atoms with van der Waals surface area (Å²) in [4.78, 5) is 12.3. The van der Waals surface area contributed by atoms with Gasteiger partial charge in [-0.3, -0.25) is 9.89 Å². The van der Waals surface area contributed by atoms with Crippen LogP contribution in [-0.2, 0) is 4.79 Å². The minimum absolute atomic E-state index is 0.156. The molecule has 1 aromatic carbocycles. The molecule has 1 saturated carbocycles. The average Bonchev–Trinajstić information content (AvgIpc) is 2.73. The number of aromatic nitrogens is 2. The van der Waals surface area contributed by atoms with Crippen molar-refractivity contribution in [2.45, 2.75) is 38.5 Å². The summed E-state index contributed by atoms with van der Waals surface area (Å²) in [6, 6.07) is 5.86. The van der Waals surface area contributed by atoms with E-state index in [9.17, 15) is 4.79 Å². The van der Waals surface area contributed by atoms with Gasteiger partial charge in [-0.2, -0.15) is 5.10 Å². The smallest absolute Gasteiger partial charge is 0.227 e. The molecule has 1 heterocycles. The molecular formula is C15H19N3O. The van der Waals surface area contributed by atoms with Gasteiger partial charge in [-0.05, 0) is 18.9 Å². The molecule has 4 nitrogen and oxygen atoms in total. The fraction of sp³-hybridized carbons (Fsp3) is 0.467. The lowest BCUT2D eigenvalue weighted by Crippen LogP contribution is -2.22. The summed E-state index contributed by atoms with van der Waals surface area (Å²) in [5, 5.41) is 11.0. The topological polar surface area (TPSA) is 57.8 Å². The molecule has 1 fully saturated rings. The van der Waals surface area contributed by atoms with Crippen molar-refractivity contribution in [3.05, 3.63) is 24.4 Å². The number of hydrogen-bond donors (Lipinski definition) is 2. The second-order valence-electron chi connectivity index (χ2n) is 5.32. The zero-order chi connectivity index (χ0) is 13.1. The second-order valence-corrected chi connectivity index (χ2v) is 5.32. The molecule has 1 aliphatic carbocycles. The summed E-state index contributed by atoms with van der Waals surface area (Å²) in [7, 11) is 0. The van der Waals surface area contributed by atoms with Gasteiger partial charge in [0.2, 0.25) is 5.91 Å². The third-order valence-electron chi connectivity index (χ3n) is 3.96. The number of anilines is 1. The Bertz CT molecular complexity index is 568. The highest BCUT2D eigenvalue weighted by Gasteiger charge is 2.20. The van der Waals surface area contributed by atoms with Crippen molar-refractivity contribution in [1.29, 1.82) is 0 Å². The highest BCUT2D eigenvalue weighted by atomic mass is 16.1. The Morgan fingerprint density at radius 3 is 2.79 bits per heavy atom. The Hall–Kier alpha value is -1.84. The lowest BCUT2D eigenvalue weighted by atomic mass is 9.99. The molecule has 0 bridgehead atoms. The van der Waals surface area contributed by atoms with Gasteiger partial charge in [0.15, 0.2) is 0 Å². The second kappa shape index (κ2) is 5.43. The highest BCUT2D eigenvalue weighted by molar-refractivity contribution is 6.00. The molecule has 0 spiro atoms. The number of carbonyl (C=O) groups excluding carboxylic acids is 1. The normalized spacial score (nSPS) is 17.3. The van der Waals surface area contributed by atoms with Gasteiger partial charge in [0.1, 0.15) is 0 Å². The molecule has 0 radical (unpaired) electrons. The number of aromatic amines is 1. The zero-order valence-electron chi connectivity index (χ0n) is 11.0. The van der Waals surface area contributed by atoms with E-state index in [1.165, 1.54) is 25.7 Å². The van der Waals surface area contributed by atoms with Crippen LogP contribution in [0.3, 0.4) is 0 Å². The summed E-state index contributed by atoms with van der Waals surface area (Å²) >= 11 is 0. The Morgan fingerprint density at radius 1 is 1.21 bits per heavy atom. The Morgan fingerprint density at radius 2 is 2.00 bits per heavy atom. The van der Waals surface area contributed by atoms with E-state index in [2.05, 4.69) is 15.5 Å². The third-order valence-corrected chi connectivity index (χ3v) is 3.96. The lowest BCUT2D eigenvalue weighted by molar-refractivity contribution is -0.120. The van der Waals surface area contributed by atoms with E-state index < -0.39 is 0 Å². The van der Waals surface area contributed by atoms with Crippen LogP contribution in [0.5, 0.6) is 0 Å². The van der Waals surface area contributed by atoms with Gasteiger partial charge in [0.05, 0.1) is 17.4 Å². The molecule has 3 rings (SSSR count). The molecule has 0 saturated heterocycles. The lowest BCUT2D eigenvalue weighted by Gasteiger charge is -2.14. The van der Waals surface area contributed by atoms with Crippen molar-refractivity contribution in [2.75, 3.05) is 5.32 Å². The first kappa shape index (κ1) is 12.2. The molecule has 0 atom stereocenters. The van der Waals surface area contributed by atoms with Gasteiger partial charge in [-0.1, -0.05) is 37.8 Å². The summed E-state index contributed by atoms with van der Waals surface area (Å²) in [6.07, 6.45) is 8.69. The van der Waals surface area contributed by atoms with E-state index in [0.29, 0.717) is 0 Å². The molecule has 0 aliphatic heterocycles. The molecular weight excluding hydrogens is 238 g/mol. The van der Waals surface area contributed by atoms with Crippen LogP contribution in [0, 0.1) is 5.92 Å². The van der Waals surface area contributed by atoms with Gasteiger partial charge in [-0.25, -0.2) is 0 Å². The maximum absolute atomic E-state index is 12.3. The number of amides is 1. The van der Waals surface area contributed by atoms with E-state index in [0.717, 1.165) is 29.4 Å². The number of fused-ring (bicyclic) bond motifs is 1. The summed E-state index contributed by atoms with van der Waals surface area (Å²) in [6.45, 7) is 0. The average molecular weight is 257 g/mol. The van der Waals surface area contributed by atoms with Crippen LogP contribution >= 0.6 is 0 Å². The van der Waals surface area contributed by atoms with E-state index in [1.54, 1.807) is 6.20 Å². The molecule has 2 N–H and O–H groups in total. The number of rotatable bonds is 2. The maximum Gasteiger partial charge on any atom is 0.227 e. The maximum atomic E-state index is 12.3. The number of hydrogen-bond acceptors (Lipinski definition) is 2. The van der Waals surface area contributed by atoms with E-state index in [1.807, 2.05) is 18.2 Å². The van der Waals surface area contributed by atoms with Gasteiger partial charge < -0.3 is 5.32 Å². The Kier molecular flexibility index (Phi) is 3.49. The van der Waals surface area contributed by atoms with Crippen LogP contribution in [0.2, 0.25) is 0 Å². The van der Waals surface area contributed by atoms with Crippen molar-refractivity contribution in [3.63, 3.8) is 0 Å². The number of nitrogens with zero attached hydrogens (tertiary/aromatic N) is 1. The van der Waals surface area contributed by atoms with Gasteiger partial charge in [0, 0.05) is 11.3 Å². The number of benzene rings is 1. The SMILES string of the molecule is O=C(Nc1cccc2cn[nH]c12)C1CCCCCC1. The van der Waals surface area contributed by atoms with Gasteiger partial charge in [-0.15, -0.1) is 0 Å². The predicted molar refractivity (Wildman–Crippen MR) is 75.9 cm³/mol. The van der Waals surface area contributed by atoms with Crippen LogP contribution in [-0.4, -0.2) is 16.1 Å². The number of carbonyl (C=O) groups is 1. The van der Waals surface area contributed by atoms with Crippen molar-refractivity contribution in [1.82, 2.24) is 10.2 Å². The first-order chi connectivity index (χ1) is 9.34. The number of nitrogens with one attached hydrogen (secondary N) is 2. The Labute approximate surface area is 112 Å². The van der Waals surface area contributed by atoms with Crippen molar-refractivity contribution < 1.29 is 4.79 Å². The molecule has 1 amide bonds. The van der Waals surface area contributed by atoms with Crippen LogP contribution in [0.25, 0.3) is 10.9 Å². The fourth-order valence-corrected chi connectivity index (χ4v) is 2.85. The monoisotopic (exact) mass is 257 g/mol. The van der Waals surface area contributed by atoms with Crippen molar-refractivity contribution in [3.8, 4) is 0 Å². The van der Waals surface area contributed by atoms with Gasteiger partial charge >= 0.3 is 0 Å². The number of H-pyrrole nitrogens is 1. The van der Waals surface area contributed by atoms with E-state index in [-0.39, 0.29) is 11.8 Å². The third kappa shape index (κ3) is 2.62. The summed E-state index contributed by atoms with van der Waals surface area (Å²) < 4.78 is 0.